The van der Waals surface area contributed by atoms with E-state index in [1.807, 2.05) is 19.9 Å². The summed E-state index contributed by atoms with van der Waals surface area (Å²) in [5, 5.41) is 12.3. The van der Waals surface area contributed by atoms with Crippen molar-refractivity contribution < 1.29 is 18.3 Å². The van der Waals surface area contributed by atoms with Crippen molar-refractivity contribution in [1.29, 1.82) is 0 Å². The van der Waals surface area contributed by atoms with Gasteiger partial charge in [0.1, 0.15) is 0 Å². The number of nitrogens with one attached hydrogen (secondary N) is 1. The lowest BCUT2D eigenvalue weighted by atomic mass is 10.00. The zero-order valence-electron chi connectivity index (χ0n) is 10.9. The van der Waals surface area contributed by atoms with Gasteiger partial charge in [-0.05, 0) is 32.4 Å². The predicted molar refractivity (Wildman–Crippen MR) is 73.4 cm³/mol. The van der Waals surface area contributed by atoms with E-state index >= 15 is 0 Å². The minimum absolute atomic E-state index is 0.0347. The number of rotatable bonds is 3. The van der Waals surface area contributed by atoms with Gasteiger partial charge in [0.2, 0.25) is 0 Å². The molecule has 1 unspecified atom stereocenters. The van der Waals surface area contributed by atoms with Crippen LogP contribution in [0.15, 0.2) is 18.2 Å². The SMILES string of the molecule is Cc1ccc(NC2(C)CCS(=O)(=O)C2)c(C(=O)O)c1. The molecule has 1 heterocycles. The molecule has 19 heavy (non-hydrogen) atoms. The molecule has 1 aliphatic rings. The van der Waals surface area contributed by atoms with E-state index in [1.165, 1.54) is 0 Å². The Morgan fingerprint density at radius 3 is 2.63 bits per heavy atom. The number of aryl methyl sites for hydroxylation is 1. The fraction of sp³-hybridized carbons (Fsp3) is 0.462. The van der Waals surface area contributed by atoms with Gasteiger partial charge in [-0.1, -0.05) is 11.6 Å². The third-order valence-corrected chi connectivity index (χ3v) is 5.25. The van der Waals surface area contributed by atoms with Gasteiger partial charge in [0.15, 0.2) is 9.84 Å². The fourth-order valence-corrected chi connectivity index (χ4v) is 4.47. The zero-order chi connectivity index (χ0) is 14.3. The van der Waals surface area contributed by atoms with Crippen LogP contribution >= 0.6 is 0 Å². The minimum Gasteiger partial charge on any atom is -0.478 e. The van der Waals surface area contributed by atoms with E-state index in [4.69, 9.17) is 0 Å². The van der Waals surface area contributed by atoms with Gasteiger partial charge in [0.25, 0.3) is 0 Å². The summed E-state index contributed by atoms with van der Waals surface area (Å²) in [5.41, 5.74) is 0.897. The van der Waals surface area contributed by atoms with Crippen LogP contribution in [0.1, 0.15) is 29.3 Å². The average molecular weight is 283 g/mol. The van der Waals surface area contributed by atoms with E-state index in [9.17, 15) is 18.3 Å². The number of hydrogen-bond donors (Lipinski definition) is 2. The van der Waals surface area contributed by atoms with Gasteiger partial charge in [-0.3, -0.25) is 0 Å². The highest BCUT2D eigenvalue weighted by Crippen LogP contribution is 2.29. The molecule has 2 N–H and O–H groups in total. The topological polar surface area (TPSA) is 83.5 Å². The number of carboxylic acids is 1. The zero-order valence-corrected chi connectivity index (χ0v) is 11.8. The van der Waals surface area contributed by atoms with Crippen LogP contribution in [0.2, 0.25) is 0 Å². The Morgan fingerprint density at radius 2 is 2.11 bits per heavy atom. The lowest BCUT2D eigenvalue weighted by Crippen LogP contribution is -2.36. The number of benzene rings is 1. The maximum Gasteiger partial charge on any atom is 0.337 e. The van der Waals surface area contributed by atoms with Crippen LogP contribution < -0.4 is 5.32 Å². The normalized spacial score (nSPS) is 25.2. The number of carbonyl (C=O) groups is 1. The Labute approximate surface area is 112 Å². The fourth-order valence-electron chi connectivity index (χ4n) is 2.38. The molecule has 6 heteroatoms. The first-order valence-electron chi connectivity index (χ1n) is 6.03. The Balaban J connectivity index is 2.32. The Bertz CT molecular complexity index is 624. The highest BCUT2D eigenvalue weighted by molar-refractivity contribution is 7.91. The summed E-state index contributed by atoms with van der Waals surface area (Å²) in [6, 6.07) is 5.08. The van der Waals surface area contributed by atoms with Gasteiger partial charge in [-0.2, -0.15) is 0 Å². The summed E-state index contributed by atoms with van der Waals surface area (Å²) < 4.78 is 23.1. The molecule has 0 aliphatic carbocycles. The van der Waals surface area contributed by atoms with Crippen molar-refractivity contribution in [3.8, 4) is 0 Å². The van der Waals surface area contributed by atoms with Crippen LogP contribution in [-0.4, -0.2) is 36.5 Å². The number of anilines is 1. The third kappa shape index (κ3) is 3.07. The minimum atomic E-state index is -3.03. The summed E-state index contributed by atoms with van der Waals surface area (Å²) in [5.74, 6) is -0.840. The van der Waals surface area contributed by atoms with Crippen LogP contribution in [0.3, 0.4) is 0 Å². The summed E-state index contributed by atoms with van der Waals surface area (Å²) in [6.07, 6.45) is 0.488. The molecule has 0 aromatic heterocycles. The Morgan fingerprint density at radius 1 is 1.42 bits per heavy atom. The lowest BCUT2D eigenvalue weighted by molar-refractivity contribution is 0.0697. The molecule has 1 saturated heterocycles. The van der Waals surface area contributed by atoms with E-state index in [1.54, 1.807) is 12.1 Å². The van der Waals surface area contributed by atoms with E-state index in [0.717, 1.165) is 5.56 Å². The van der Waals surface area contributed by atoms with Crippen molar-refractivity contribution in [3.63, 3.8) is 0 Å². The summed E-state index contributed by atoms with van der Waals surface area (Å²) in [6.45, 7) is 3.63. The predicted octanol–water partition coefficient (Wildman–Crippen LogP) is 1.68. The molecule has 1 aromatic rings. The highest BCUT2D eigenvalue weighted by Gasteiger charge is 2.38. The van der Waals surface area contributed by atoms with Crippen LogP contribution in [0.25, 0.3) is 0 Å². The van der Waals surface area contributed by atoms with Gasteiger partial charge < -0.3 is 10.4 Å². The van der Waals surface area contributed by atoms with Crippen molar-refractivity contribution in [3.05, 3.63) is 29.3 Å². The van der Waals surface area contributed by atoms with Crippen molar-refractivity contribution in [2.24, 2.45) is 0 Å². The molecule has 0 spiro atoms. The molecular formula is C13H17NO4S. The highest BCUT2D eigenvalue weighted by atomic mass is 32.2. The van der Waals surface area contributed by atoms with Crippen molar-refractivity contribution >= 4 is 21.5 Å². The quantitative estimate of drug-likeness (QED) is 0.882. The van der Waals surface area contributed by atoms with E-state index in [0.29, 0.717) is 12.1 Å². The van der Waals surface area contributed by atoms with Crippen LogP contribution in [0, 0.1) is 6.92 Å². The third-order valence-electron chi connectivity index (χ3n) is 3.35. The lowest BCUT2D eigenvalue weighted by Gasteiger charge is -2.26. The molecule has 0 bridgehead atoms. The van der Waals surface area contributed by atoms with Crippen molar-refractivity contribution in [2.45, 2.75) is 25.8 Å². The monoisotopic (exact) mass is 283 g/mol. The first-order valence-corrected chi connectivity index (χ1v) is 7.85. The summed E-state index contributed by atoms with van der Waals surface area (Å²) in [7, 11) is -3.03. The Hall–Kier alpha value is -1.56. The number of hydrogen-bond acceptors (Lipinski definition) is 4. The summed E-state index contributed by atoms with van der Waals surface area (Å²) in [4.78, 5) is 11.2. The van der Waals surface area contributed by atoms with Gasteiger partial charge >= 0.3 is 5.97 Å². The molecule has 0 radical (unpaired) electrons. The molecule has 1 aromatic carbocycles. The first-order chi connectivity index (χ1) is 8.71. The van der Waals surface area contributed by atoms with E-state index < -0.39 is 21.3 Å². The molecule has 2 rings (SSSR count). The smallest absolute Gasteiger partial charge is 0.337 e. The molecule has 0 amide bonds. The molecular weight excluding hydrogens is 266 g/mol. The Kier molecular flexibility index (Phi) is 3.30. The van der Waals surface area contributed by atoms with Gasteiger partial charge in [0.05, 0.1) is 17.1 Å². The molecule has 1 fully saturated rings. The van der Waals surface area contributed by atoms with Gasteiger partial charge in [-0.15, -0.1) is 0 Å². The number of sulfone groups is 1. The van der Waals surface area contributed by atoms with Crippen molar-refractivity contribution in [1.82, 2.24) is 0 Å². The molecule has 104 valence electrons. The molecule has 1 aliphatic heterocycles. The first kappa shape index (κ1) is 13.9. The van der Waals surface area contributed by atoms with Crippen molar-refractivity contribution in [2.75, 3.05) is 16.8 Å². The van der Waals surface area contributed by atoms with E-state index in [-0.39, 0.29) is 17.1 Å². The second-order valence-corrected chi connectivity index (χ2v) is 7.57. The van der Waals surface area contributed by atoms with Crippen LogP contribution in [0.5, 0.6) is 0 Å². The maximum absolute atomic E-state index is 11.6. The number of aromatic carboxylic acids is 1. The molecule has 1 atom stereocenters. The summed E-state index contributed by atoms with van der Waals surface area (Å²) >= 11 is 0. The van der Waals surface area contributed by atoms with E-state index in [2.05, 4.69) is 5.32 Å². The average Bonchev–Trinajstić information content (AvgIpc) is 2.55. The number of carboxylic acid groups (broad SMARTS) is 1. The van der Waals surface area contributed by atoms with Gasteiger partial charge in [-0.25, -0.2) is 13.2 Å². The molecule has 0 saturated carbocycles. The van der Waals surface area contributed by atoms with Crippen LogP contribution in [-0.2, 0) is 9.84 Å². The second-order valence-electron chi connectivity index (χ2n) is 5.38. The second kappa shape index (κ2) is 4.52. The van der Waals surface area contributed by atoms with Crippen LogP contribution in [0.4, 0.5) is 5.69 Å². The standard InChI is InChI=1S/C13H17NO4S/c1-9-3-4-11(10(7-9)12(15)16)14-13(2)5-6-19(17,18)8-13/h3-4,7,14H,5-6,8H2,1-2H3,(H,15,16). The largest absolute Gasteiger partial charge is 0.478 e. The molecule has 5 nitrogen and oxygen atoms in total. The van der Waals surface area contributed by atoms with Gasteiger partial charge in [0, 0.05) is 11.2 Å². The maximum atomic E-state index is 11.6.